The summed E-state index contributed by atoms with van der Waals surface area (Å²) >= 11 is 0. The van der Waals surface area contributed by atoms with Gasteiger partial charge >= 0.3 is 0 Å². The number of aliphatic hydroxyl groups is 1. The number of rotatable bonds is 9. The molecule has 1 atom stereocenters. The van der Waals surface area contributed by atoms with Crippen LogP contribution < -0.4 is 16.1 Å². The van der Waals surface area contributed by atoms with E-state index in [1.165, 1.54) is 11.2 Å². The molecule has 1 aliphatic rings. The Labute approximate surface area is 187 Å². The number of hydrogen-bond donors (Lipinski definition) is 5. The zero-order chi connectivity index (χ0) is 23.1. The first-order valence-electron chi connectivity index (χ1n) is 10.3. The van der Waals surface area contributed by atoms with Gasteiger partial charge in [-0.15, -0.1) is 0 Å². The monoisotopic (exact) mass is 460 g/mol. The predicted octanol–water partition coefficient (Wildman–Crippen LogP) is 1.52. The average Bonchev–Trinajstić information content (AvgIpc) is 2.82. The summed E-state index contributed by atoms with van der Waals surface area (Å²) in [7, 11) is -3.66. The lowest BCUT2D eigenvalue weighted by molar-refractivity contribution is -0.118. The van der Waals surface area contributed by atoms with E-state index in [1.807, 2.05) is 24.3 Å². The Balaban J connectivity index is 1.63. The van der Waals surface area contributed by atoms with Gasteiger partial charge in [0.05, 0.1) is 4.90 Å². The van der Waals surface area contributed by atoms with Crippen LogP contribution in [0.3, 0.4) is 0 Å². The number of anilines is 1. The maximum Gasteiger partial charge on any atom is 0.243 e. The van der Waals surface area contributed by atoms with Crippen molar-refractivity contribution in [3.63, 3.8) is 0 Å². The van der Waals surface area contributed by atoms with Gasteiger partial charge in [-0.05, 0) is 47.4 Å². The lowest BCUT2D eigenvalue weighted by atomic mass is 10.1. The van der Waals surface area contributed by atoms with Gasteiger partial charge in [-0.3, -0.25) is 4.79 Å². The van der Waals surface area contributed by atoms with E-state index in [2.05, 4.69) is 10.6 Å². The van der Waals surface area contributed by atoms with E-state index in [4.69, 9.17) is 5.21 Å². The minimum Gasteiger partial charge on any atom is -0.383 e. The Kier molecular flexibility index (Phi) is 7.99. The van der Waals surface area contributed by atoms with Crippen LogP contribution in [-0.4, -0.2) is 61.4 Å². The quantitative estimate of drug-likeness (QED) is 0.166. The minimum atomic E-state index is -3.66. The molecule has 32 heavy (non-hydrogen) atoms. The maximum atomic E-state index is 12.9. The SMILES string of the molecule is CC(=O)NCCNc1ccc(-c2ccc(S(=O)(=O)N3CC=C(C(O)NO)CC3)cc2)cc1. The molecule has 0 saturated heterocycles. The second-order valence-corrected chi connectivity index (χ2v) is 9.37. The van der Waals surface area contributed by atoms with E-state index in [9.17, 15) is 18.3 Å². The molecule has 1 unspecified atom stereocenters. The first kappa shape index (κ1) is 23.9. The van der Waals surface area contributed by atoms with E-state index in [0.717, 1.165) is 16.8 Å². The normalized spacial score (nSPS) is 15.7. The number of hydrogen-bond acceptors (Lipinski definition) is 7. The average molecular weight is 461 g/mol. The van der Waals surface area contributed by atoms with Crippen molar-refractivity contribution in [3.05, 3.63) is 60.2 Å². The summed E-state index contributed by atoms with van der Waals surface area (Å²) in [4.78, 5) is 11.1. The van der Waals surface area contributed by atoms with Crippen molar-refractivity contribution in [2.45, 2.75) is 24.5 Å². The van der Waals surface area contributed by atoms with Crippen molar-refractivity contribution in [3.8, 4) is 11.1 Å². The standard InChI is InChI=1S/C22H28N4O5S/c1-16(27)23-12-13-24-20-6-2-17(3-7-20)18-4-8-21(9-5-18)32(30,31)26-14-10-19(11-15-26)22(28)25-29/h2-10,22,24-25,28-29H,11-15H2,1H3,(H,23,27). The van der Waals surface area contributed by atoms with E-state index in [0.29, 0.717) is 25.1 Å². The molecule has 0 fully saturated rings. The fourth-order valence-electron chi connectivity index (χ4n) is 3.41. The highest BCUT2D eigenvalue weighted by Gasteiger charge is 2.27. The van der Waals surface area contributed by atoms with Gasteiger partial charge in [-0.2, -0.15) is 9.79 Å². The molecule has 0 spiro atoms. The Bertz CT molecular complexity index is 1050. The largest absolute Gasteiger partial charge is 0.383 e. The van der Waals surface area contributed by atoms with Crippen LogP contribution in [0.1, 0.15) is 13.3 Å². The number of nitrogens with one attached hydrogen (secondary N) is 3. The van der Waals surface area contributed by atoms with Crippen LogP contribution in [0.5, 0.6) is 0 Å². The molecule has 1 aliphatic heterocycles. The Morgan fingerprint density at radius 2 is 1.69 bits per heavy atom. The molecule has 1 heterocycles. The van der Waals surface area contributed by atoms with Crippen LogP contribution in [-0.2, 0) is 14.8 Å². The lowest BCUT2D eigenvalue weighted by Gasteiger charge is -2.27. The van der Waals surface area contributed by atoms with Gasteiger partial charge in [-0.1, -0.05) is 30.3 Å². The van der Waals surface area contributed by atoms with Gasteiger partial charge < -0.3 is 20.9 Å². The topological polar surface area (TPSA) is 131 Å². The first-order chi connectivity index (χ1) is 15.3. The summed E-state index contributed by atoms with van der Waals surface area (Å²) in [5.41, 5.74) is 5.10. The zero-order valence-electron chi connectivity index (χ0n) is 17.8. The molecule has 0 radical (unpaired) electrons. The summed E-state index contributed by atoms with van der Waals surface area (Å²) in [6.07, 6.45) is 0.754. The van der Waals surface area contributed by atoms with Crippen molar-refractivity contribution in [1.29, 1.82) is 0 Å². The molecule has 1 amide bonds. The van der Waals surface area contributed by atoms with Gasteiger partial charge in [0.1, 0.15) is 6.23 Å². The molecule has 0 bridgehead atoms. The number of carbonyl (C=O) groups excluding carboxylic acids is 1. The summed E-state index contributed by atoms with van der Waals surface area (Å²) in [6.45, 7) is 3.00. The maximum absolute atomic E-state index is 12.9. The van der Waals surface area contributed by atoms with Crippen molar-refractivity contribution in [1.82, 2.24) is 15.1 Å². The smallest absolute Gasteiger partial charge is 0.243 e. The van der Waals surface area contributed by atoms with Gasteiger partial charge in [0.15, 0.2) is 0 Å². The van der Waals surface area contributed by atoms with Crippen LogP contribution in [0, 0.1) is 0 Å². The third kappa shape index (κ3) is 5.93. The fraction of sp³-hybridized carbons (Fsp3) is 0.318. The van der Waals surface area contributed by atoms with Crippen LogP contribution in [0.15, 0.2) is 65.1 Å². The molecular weight excluding hydrogens is 432 g/mol. The van der Waals surface area contributed by atoms with Crippen LogP contribution in [0.2, 0.25) is 0 Å². The highest BCUT2D eigenvalue weighted by atomic mass is 32.2. The Morgan fingerprint density at radius 1 is 1.06 bits per heavy atom. The van der Waals surface area contributed by atoms with Crippen LogP contribution >= 0.6 is 0 Å². The fourth-order valence-corrected chi connectivity index (χ4v) is 4.79. The van der Waals surface area contributed by atoms with Crippen LogP contribution in [0.4, 0.5) is 5.69 Å². The number of sulfonamides is 1. The summed E-state index contributed by atoms with van der Waals surface area (Å²) in [5, 5.41) is 24.3. The number of benzene rings is 2. The summed E-state index contributed by atoms with van der Waals surface area (Å²) < 4.78 is 27.2. The second kappa shape index (κ2) is 10.7. The third-order valence-electron chi connectivity index (χ3n) is 5.22. The predicted molar refractivity (Wildman–Crippen MR) is 121 cm³/mol. The molecule has 3 rings (SSSR count). The van der Waals surface area contributed by atoms with Crippen molar-refractivity contribution in [2.75, 3.05) is 31.5 Å². The lowest BCUT2D eigenvalue weighted by Crippen LogP contribution is -2.38. The molecule has 5 N–H and O–H groups in total. The minimum absolute atomic E-state index is 0.0630. The number of aliphatic hydroxyl groups excluding tert-OH is 1. The highest BCUT2D eigenvalue weighted by Crippen LogP contribution is 2.26. The second-order valence-electron chi connectivity index (χ2n) is 7.44. The number of carbonyl (C=O) groups is 1. The van der Waals surface area contributed by atoms with Crippen LogP contribution in [0.25, 0.3) is 11.1 Å². The third-order valence-corrected chi connectivity index (χ3v) is 7.10. The van der Waals surface area contributed by atoms with Gasteiger partial charge in [0, 0.05) is 38.8 Å². The molecule has 2 aromatic carbocycles. The van der Waals surface area contributed by atoms with Gasteiger partial charge in [0.25, 0.3) is 0 Å². The molecular formula is C22H28N4O5S. The molecule has 2 aromatic rings. The summed E-state index contributed by atoms with van der Waals surface area (Å²) in [6, 6.07) is 14.5. The molecule has 0 aliphatic carbocycles. The molecule has 172 valence electrons. The molecule has 0 aromatic heterocycles. The van der Waals surface area contributed by atoms with Crippen molar-refractivity contribution in [2.24, 2.45) is 0 Å². The summed E-state index contributed by atoms with van der Waals surface area (Å²) in [5.74, 6) is -0.0630. The van der Waals surface area contributed by atoms with E-state index < -0.39 is 16.3 Å². The Morgan fingerprint density at radius 3 is 2.22 bits per heavy atom. The zero-order valence-corrected chi connectivity index (χ0v) is 18.6. The van der Waals surface area contributed by atoms with Crippen molar-refractivity contribution >= 4 is 21.6 Å². The highest BCUT2D eigenvalue weighted by molar-refractivity contribution is 7.89. The Hall–Kier alpha value is -2.76. The van der Waals surface area contributed by atoms with E-state index >= 15 is 0 Å². The van der Waals surface area contributed by atoms with E-state index in [-0.39, 0.29) is 23.9 Å². The van der Waals surface area contributed by atoms with E-state index in [1.54, 1.807) is 35.8 Å². The number of hydroxylamine groups is 1. The molecule has 9 nitrogen and oxygen atoms in total. The number of nitrogens with zero attached hydrogens (tertiary/aromatic N) is 1. The van der Waals surface area contributed by atoms with Gasteiger partial charge in [-0.25, -0.2) is 8.42 Å². The van der Waals surface area contributed by atoms with Gasteiger partial charge in [0.2, 0.25) is 15.9 Å². The van der Waals surface area contributed by atoms with Crippen molar-refractivity contribution < 1.29 is 23.5 Å². The number of amides is 1. The molecule has 10 heteroatoms. The first-order valence-corrected chi connectivity index (χ1v) is 11.7. The molecule has 0 saturated carbocycles.